The van der Waals surface area contributed by atoms with E-state index in [1.807, 2.05) is 6.08 Å². The first kappa shape index (κ1) is 79.6. The van der Waals surface area contributed by atoms with Gasteiger partial charge in [0.05, 0.1) is 0 Å². The molecule has 0 spiro atoms. The molecule has 0 saturated carbocycles. The highest BCUT2D eigenvalue weighted by Gasteiger charge is 2.19. The topological polar surface area (TPSA) is 78.9 Å². The molecule has 0 aromatic heterocycles. The van der Waals surface area contributed by atoms with Gasteiger partial charge in [-0.15, -0.1) is 0 Å². The quantitative estimate of drug-likeness (QED) is 0.0261. The standard InChI is InChI=1S/C77H136O6/c1-4-7-10-13-16-19-22-25-27-29-31-33-34-35-36-37-38-39-40-41-42-44-45-47-49-52-55-58-61-64-67-70-76(79)82-73-74(72-81-75(78)69-66-63-60-57-54-51-24-21-18-15-12-9-6-3)83-77(80)71-68-65-62-59-56-53-50-48-46-43-32-30-28-26-23-20-17-14-11-8-5-2/h9,12,18,21-22,25,29-32,51,54,60,63,74H,4-8,10-11,13-17,19-20,23-24,26-28,33-50,52-53,55-59,61-62,64-73H2,1-3H3/b12-9-,21-18-,25-22-,31-29-,32-30-,54-51-,63-60-. The van der Waals surface area contributed by atoms with E-state index in [9.17, 15) is 14.4 Å². The van der Waals surface area contributed by atoms with Gasteiger partial charge in [0.15, 0.2) is 6.10 Å². The molecule has 0 aliphatic heterocycles. The number of carbonyl (C=O) groups excluding carboxylic acids is 3. The Hall–Kier alpha value is -3.41. The molecule has 0 amide bonds. The van der Waals surface area contributed by atoms with Crippen LogP contribution >= 0.6 is 0 Å². The van der Waals surface area contributed by atoms with Crippen molar-refractivity contribution in [3.8, 4) is 0 Å². The predicted octanol–water partition coefficient (Wildman–Crippen LogP) is 25.0. The molecule has 480 valence electrons. The van der Waals surface area contributed by atoms with Crippen LogP contribution in [0.1, 0.15) is 367 Å². The van der Waals surface area contributed by atoms with Crippen LogP contribution in [0.15, 0.2) is 85.1 Å². The molecule has 0 radical (unpaired) electrons. The minimum Gasteiger partial charge on any atom is -0.462 e. The summed E-state index contributed by atoms with van der Waals surface area (Å²) in [5.41, 5.74) is 0. The molecule has 0 aromatic rings. The second kappa shape index (κ2) is 71.1. The second-order valence-electron chi connectivity index (χ2n) is 24.1. The van der Waals surface area contributed by atoms with Gasteiger partial charge in [-0.3, -0.25) is 14.4 Å². The van der Waals surface area contributed by atoms with E-state index in [0.717, 1.165) is 70.6 Å². The third-order valence-electron chi connectivity index (χ3n) is 15.9. The Balaban J connectivity index is 4.22. The van der Waals surface area contributed by atoms with E-state index in [4.69, 9.17) is 14.2 Å². The average Bonchev–Trinajstić information content (AvgIpc) is 3.49. The Kier molecular flexibility index (Phi) is 68.2. The second-order valence-corrected chi connectivity index (χ2v) is 24.1. The molecule has 0 aliphatic rings. The molecular formula is C77H136O6. The van der Waals surface area contributed by atoms with Crippen LogP contribution in [0.4, 0.5) is 0 Å². The highest BCUT2D eigenvalue weighted by atomic mass is 16.6. The SMILES string of the molecule is CC/C=C\C/C=C\C/C=C\C/C=C\CCC(=O)OCC(COC(=O)CCCCCCCCCCCCCCCCCCCCC/C=C\C/C=C\CCCCCCC)OC(=O)CCCCCCCCCCC/C=C\CCCCCCCCCC. The Morgan fingerprint density at radius 1 is 0.253 bits per heavy atom. The van der Waals surface area contributed by atoms with E-state index in [1.54, 1.807) is 0 Å². The van der Waals surface area contributed by atoms with Crippen molar-refractivity contribution in [1.82, 2.24) is 0 Å². The summed E-state index contributed by atoms with van der Waals surface area (Å²) in [5.74, 6) is -0.965. The van der Waals surface area contributed by atoms with Gasteiger partial charge in [-0.25, -0.2) is 0 Å². The van der Waals surface area contributed by atoms with Crippen molar-refractivity contribution in [1.29, 1.82) is 0 Å². The maximum Gasteiger partial charge on any atom is 0.306 e. The van der Waals surface area contributed by atoms with Crippen molar-refractivity contribution >= 4 is 17.9 Å². The number of ether oxygens (including phenoxy) is 3. The van der Waals surface area contributed by atoms with Gasteiger partial charge in [-0.05, 0) is 103 Å². The van der Waals surface area contributed by atoms with Gasteiger partial charge < -0.3 is 14.2 Å². The Morgan fingerprint density at radius 3 is 0.819 bits per heavy atom. The minimum absolute atomic E-state index is 0.0961. The molecule has 6 nitrogen and oxygen atoms in total. The van der Waals surface area contributed by atoms with E-state index in [-0.39, 0.29) is 37.5 Å². The summed E-state index contributed by atoms with van der Waals surface area (Å²) in [7, 11) is 0. The number of rotatable bonds is 66. The van der Waals surface area contributed by atoms with E-state index >= 15 is 0 Å². The maximum atomic E-state index is 12.9. The molecule has 0 rings (SSSR count). The summed E-state index contributed by atoms with van der Waals surface area (Å²) in [4.78, 5) is 38.4. The van der Waals surface area contributed by atoms with Gasteiger partial charge in [0.2, 0.25) is 0 Å². The van der Waals surface area contributed by atoms with Gasteiger partial charge in [0.25, 0.3) is 0 Å². The Morgan fingerprint density at radius 2 is 0.494 bits per heavy atom. The third kappa shape index (κ3) is 69.3. The molecule has 0 aromatic carbocycles. The van der Waals surface area contributed by atoms with Crippen LogP contribution in [0.3, 0.4) is 0 Å². The van der Waals surface area contributed by atoms with Crippen molar-refractivity contribution in [3.05, 3.63) is 85.1 Å². The smallest absolute Gasteiger partial charge is 0.306 e. The lowest BCUT2D eigenvalue weighted by molar-refractivity contribution is -0.166. The summed E-state index contributed by atoms with van der Waals surface area (Å²) in [6.45, 7) is 6.50. The normalized spacial score (nSPS) is 12.6. The first-order valence-corrected chi connectivity index (χ1v) is 36.1. The molecule has 0 aliphatic carbocycles. The minimum atomic E-state index is -0.807. The van der Waals surface area contributed by atoms with Crippen molar-refractivity contribution in [3.63, 3.8) is 0 Å². The Labute approximate surface area is 515 Å². The zero-order chi connectivity index (χ0) is 59.9. The van der Waals surface area contributed by atoms with Crippen molar-refractivity contribution in [2.45, 2.75) is 374 Å². The van der Waals surface area contributed by atoms with Gasteiger partial charge in [0, 0.05) is 19.3 Å². The highest BCUT2D eigenvalue weighted by Crippen LogP contribution is 2.18. The van der Waals surface area contributed by atoms with Crippen molar-refractivity contribution in [2.24, 2.45) is 0 Å². The van der Waals surface area contributed by atoms with E-state index < -0.39 is 6.10 Å². The average molecular weight is 1160 g/mol. The molecule has 0 fully saturated rings. The fourth-order valence-electron chi connectivity index (χ4n) is 10.5. The summed E-state index contributed by atoms with van der Waals surface area (Å²) < 4.78 is 16.9. The molecule has 83 heavy (non-hydrogen) atoms. The lowest BCUT2D eigenvalue weighted by Gasteiger charge is -2.18. The monoisotopic (exact) mass is 1160 g/mol. The lowest BCUT2D eigenvalue weighted by atomic mass is 10.0. The molecule has 0 saturated heterocycles. The highest BCUT2D eigenvalue weighted by molar-refractivity contribution is 5.71. The molecule has 0 N–H and O–H groups in total. The van der Waals surface area contributed by atoms with Crippen LogP contribution < -0.4 is 0 Å². The lowest BCUT2D eigenvalue weighted by Crippen LogP contribution is -2.30. The molecule has 0 bridgehead atoms. The van der Waals surface area contributed by atoms with Crippen LogP contribution in [0.25, 0.3) is 0 Å². The molecule has 1 unspecified atom stereocenters. The number of esters is 3. The summed E-state index contributed by atoms with van der Waals surface area (Å²) in [5, 5.41) is 0. The van der Waals surface area contributed by atoms with Gasteiger partial charge in [-0.1, -0.05) is 331 Å². The fraction of sp³-hybridized carbons (Fsp3) is 0.779. The maximum absolute atomic E-state index is 12.9. The number of carbonyl (C=O) groups is 3. The van der Waals surface area contributed by atoms with Crippen molar-refractivity contribution < 1.29 is 28.6 Å². The van der Waals surface area contributed by atoms with E-state index in [1.165, 1.54) is 250 Å². The summed E-state index contributed by atoms with van der Waals surface area (Å²) in [6, 6.07) is 0. The van der Waals surface area contributed by atoms with Crippen LogP contribution in [0.5, 0.6) is 0 Å². The molecule has 1 atom stereocenters. The van der Waals surface area contributed by atoms with Gasteiger partial charge in [0.1, 0.15) is 13.2 Å². The summed E-state index contributed by atoms with van der Waals surface area (Å²) in [6.07, 6.45) is 95.0. The molecule has 0 heterocycles. The fourth-order valence-corrected chi connectivity index (χ4v) is 10.5. The number of hydrogen-bond donors (Lipinski definition) is 0. The first-order valence-electron chi connectivity index (χ1n) is 36.1. The molecular weight excluding hydrogens is 1020 g/mol. The zero-order valence-electron chi connectivity index (χ0n) is 55.2. The summed E-state index contributed by atoms with van der Waals surface area (Å²) >= 11 is 0. The van der Waals surface area contributed by atoms with Gasteiger partial charge >= 0.3 is 17.9 Å². The van der Waals surface area contributed by atoms with Crippen LogP contribution in [-0.4, -0.2) is 37.2 Å². The third-order valence-corrected chi connectivity index (χ3v) is 15.9. The van der Waals surface area contributed by atoms with E-state index in [0.29, 0.717) is 19.3 Å². The Bertz CT molecular complexity index is 1570. The van der Waals surface area contributed by atoms with Crippen LogP contribution in [0, 0.1) is 0 Å². The first-order chi connectivity index (χ1) is 41.0. The van der Waals surface area contributed by atoms with E-state index in [2.05, 4.69) is 99.8 Å². The van der Waals surface area contributed by atoms with Crippen molar-refractivity contribution in [2.75, 3.05) is 13.2 Å². The number of allylic oxidation sites excluding steroid dienone is 14. The molecule has 6 heteroatoms. The van der Waals surface area contributed by atoms with Crippen LogP contribution in [-0.2, 0) is 28.6 Å². The predicted molar refractivity (Wildman–Crippen MR) is 362 cm³/mol. The number of unbranched alkanes of at least 4 members (excludes halogenated alkanes) is 41. The van der Waals surface area contributed by atoms with Gasteiger partial charge in [-0.2, -0.15) is 0 Å². The zero-order valence-corrected chi connectivity index (χ0v) is 55.2. The number of hydrogen-bond acceptors (Lipinski definition) is 6. The largest absolute Gasteiger partial charge is 0.462 e. The van der Waals surface area contributed by atoms with Crippen LogP contribution in [0.2, 0.25) is 0 Å².